The number of H-pyrrole nitrogens is 1. The number of benzene rings is 1. The van der Waals surface area contributed by atoms with Crippen molar-refractivity contribution in [2.75, 3.05) is 0 Å². The molecule has 0 saturated carbocycles. The van der Waals surface area contributed by atoms with Crippen LogP contribution in [0.3, 0.4) is 0 Å². The fourth-order valence-corrected chi connectivity index (χ4v) is 2.25. The summed E-state index contributed by atoms with van der Waals surface area (Å²) in [6.45, 7) is 2.77. The molecular weight excluding hydrogens is 226 g/mol. The highest BCUT2D eigenvalue weighted by Gasteiger charge is 2.15. The molecule has 3 aromatic rings. The fraction of sp³-hybridized carbons (Fsp3) is 0.214. The lowest BCUT2D eigenvalue weighted by molar-refractivity contribution is 0.208. The van der Waals surface area contributed by atoms with Crippen molar-refractivity contribution in [3.05, 3.63) is 54.0 Å². The zero-order valence-electron chi connectivity index (χ0n) is 10.2. The molecule has 0 saturated heterocycles. The van der Waals surface area contributed by atoms with Crippen LogP contribution >= 0.6 is 0 Å². The number of nitrogens with zero attached hydrogens (tertiary/aromatic N) is 2. The Morgan fingerprint density at radius 3 is 3.06 bits per heavy atom. The van der Waals surface area contributed by atoms with Gasteiger partial charge < -0.3 is 10.1 Å². The van der Waals surface area contributed by atoms with Crippen LogP contribution in [0.25, 0.3) is 10.9 Å². The van der Waals surface area contributed by atoms with E-state index in [1.54, 1.807) is 6.20 Å². The Balaban J connectivity index is 2.03. The summed E-state index contributed by atoms with van der Waals surface area (Å²) in [4.78, 5) is 3.14. The summed E-state index contributed by atoms with van der Waals surface area (Å²) in [6, 6.07) is 9.79. The molecule has 0 bridgehead atoms. The number of hydrogen-bond acceptors (Lipinski definition) is 2. The van der Waals surface area contributed by atoms with Crippen LogP contribution in [0.5, 0.6) is 0 Å². The second-order valence-electron chi connectivity index (χ2n) is 4.30. The third kappa shape index (κ3) is 1.71. The van der Waals surface area contributed by atoms with Crippen molar-refractivity contribution in [3.8, 4) is 0 Å². The molecule has 1 atom stereocenters. The quantitative estimate of drug-likeness (QED) is 0.740. The molecule has 2 N–H and O–H groups in total. The Labute approximate surface area is 105 Å². The highest BCUT2D eigenvalue weighted by atomic mass is 16.3. The Morgan fingerprint density at radius 1 is 1.33 bits per heavy atom. The van der Waals surface area contributed by atoms with Gasteiger partial charge in [-0.25, -0.2) is 0 Å². The monoisotopic (exact) mass is 241 g/mol. The molecule has 0 amide bonds. The summed E-state index contributed by atoms with van der Waals surface area (Å²) in [5.41, 5.74) is 2.79. The van der Waals surface area contributed by atoms with Gasteiger partial charge in [-0.1, -0.05) is 6.07 Å². The van der Waals surface area contributed by atoms with Crippen LogP contribution in [0.4, 0.5) is 0 Å². The fourth-order valence-electron chi connectivity index (χ4n) is 2.25. The van der Waals surface area contributed by atoms with E-state index in [-0.39, 0.29) is 0 Å². The first-order valence-electron chi connectivity index (χ1n) is 6.06. The summed E-state index contributed by atoms with van der Waals surface area (Å²) in [5, 5.41) is 15.7. The van der Waals surface area contributed by atoms with E-state index in [1.165, 1.54) is 0 Å². The molecule has 18 heavy (non-hydrogen) atoms. The van der Waals surface area contributed by atoms with Crippen LogP contribution in [-0.4, -0.2) is 19.9 Å². The largest absolute Gasteiger partial charge is 0.382 e. The number of aromatic nitrogens is 3. The van der Waals surface area contributed by atoms with Crippen molar-refractivity contribution < 1.29 is 5.11 Å². The van der Waals surface area contributed by atoms with Crippen molar-refractivity contribution in [3.63, 3.8) is 0 Å². The first-order chi connectivity index (χ1) is 8.79. The summed E-state index contributed by atoms with van der Waals surface area (Å²) >= 11 is 0. The first-order valence-corrected chi connectivity index (χ1v) is 6.06. The van der Waals surface area contributed by atoms with Crippen LogP contribution < -0.4 is 0 Å². The number of rotatable bonds is 3. The lowest BCUT2D eigenvalue weighted by Crippen LogP contribution is -2.08. The SMILES string of the molecule is CCn1nccc1C(O)c1ccc2[nH]ccc2c1. The van der Waals surface area contributed by atoms with Crippen LogP contribution in [0.2, 0.25) is 0 Å². The number of aromatic amines is 1. The van der Waals surface area contributed by atoms with Gasteiger partial charge in [0.05, 0.1) is 5.69 Å². The molecule has 1 aromatic carbocycles. The molecule has 4 heteroatoms. The van der Waals surface area contributed by atoms with Crippen LogP contribution in [0, 0.1) is 0 Å². The number of aliphatic hydroxyl groups is 1. The van der Waals surface area contributed by atoms with E-state index >= 15 is 0 Å². The zero-order chi connectivity index (χ0) is 12.5. The number of aliphatic hydroxyl groups excluding tert-OH is 1. The Kier molecular flexibility index (Phi) is 2.64. The lowest BCUT2D eigenvalue weighted by Gasteiger charge is -2.12. The van der Waals surface area contributed by atoms with Crippen molar-refractivity contribution in [2.24, 2.45) is 0 Å². The normalized spacial score (nSPS) is 13.0. The molecule has 1 unspecified atom stereocenters. The number of nitrogens with one attached hydrogen (secondary N) is 1. The van der Waals surface area contributed by atoms with Crippen molar-refractivity contribution in [1.29, 1.82) is 0 Å². The molecule has 0 aliphatic heterocycles. The van der Waals surface area contributed by atoms with Gasteiger partial charge >= 0.3 is 0 Å². The van der Waals surface area contributed by atoms with Gasteiger partial charge in [-0.05, 0) is 42.1 Å². The van der Waals surface area contributed by atoms with Crippen LogP contribution in [0.15, 0.2) is 42.7 Å². The minimum Gasteiger partial charge on any atom is -0.382 e. The third-order valence-corrected chi connectivity index (χ3v) is 3.22. The zero-order valence-corrected chi connectivity index (χ0v) is 10.2. The highest BCUT2D eigenvalue weighted by Crippen LogP contribution is 2.24. The Bertz CT molecular complexity index is 668. The Morgan fingerprint density at radius 2 is 2.22 bits per heavy atom. The van der Waals surface area contributed by atoms with E-state index in [1.807, 2.05) is 48.1 Å². The standard InChI is InChI=1S/C14H15N3O/c1-2-17-13(6-8-16-17)14(18)11-3-4-12-10(9-11)5-7-15-12/h3-9,14-15,18H,2H2,1H3. The summed E-state index contributed by atoms with van der Waals surface area (Å²) in [7, 11) is 0. The van der Waals surface area contributed by atoms with Gasteiger partial charge in [0, 0.05) is 24.5 Å². The predicted octanol–water partition coefficient (Wildman–Crippen LogP) is 2.47. The van der Waals surface area contributed by atoms with Gasteiger partial charge in [0.15, 0.2) is 0 Å². The lowest BCUT2D eigenvalue weighted by atomic mass is 10.0. The van der Waals surface area contributed by atoms with E-state index in [0.29, 0.717) is 0 Å². The van der Waals surface area contributed by atoms with Gasteiger partial charge in [-0.3, -0.25) is 4.68 Å². The van der Waals surface area contributed by atoms with Crippen molar-refractivity contribution in [1.82, 2.24) is 14.8 Å². The van der Waals surface area contributed by atoms with E-state index in [9.17, 15) is 5.11 Å². The topological polar surface area (TPSA) is 53.8 Å². The summed E-state index contributed by atoms with van der Waals surface area (Å²) < 4.78 is 1.81. The molecule has 0 aliphatic rings. The molecular formula is C14H15N3O. The van der Waals surface area contributed by atoms with E-state index in [4.69, 9.17) is 0 Å². The molecule has 2 aromatic heterocycles. The summed E-state index contributed by atoms with van der Waals surface area (Å²) in [5.74, 6) is 0. The second kappa shape index (κ2) is 4.31. The van der Waals surface area contributed by atoms with Gasteiger partial charge in [0.2, 0.25) is 0 Å². The molecule has 0 fully saturated rings. The molecule has 3 rings (SSSR count). The maximum Gasteiger partial charge on any atom is 0.121 e. The van der Waals surface area contributed by atoms with Gasteiger partial charge in [0.1, 0.15) is 6.10 Å². The minimum atomic E-state index is -0.633. The first kappa shape index (κ1) is 11.0. The maximum atomic E-state index is 10.4. The highest BCUT2D eigenvalue weighted by molar-refractivity contribution is 5.80. The molecule has 92 valence electrons. The molecule has 0 radical (unpaired) electrons. The molecule has 0 spiro atoms. The second-order valence-corrected chi connectivity index (χ2v) is 4.30. The van der Waals surface area contributed by atoms with Crippen LogP contribution in [-0.2, 0) is 6.54 Å². The minimum absolute atomic E-state index is 0.633. The van der Waals surface area contributed by atoms with E-state index in [0.717, 1.165) is 28.7 Å². The van der Waals surface area contributed by atoms with Gasteiger partial charge in [-0.15, -0.1) is 0 Å². The van der Waals surface area contributed by atoms with Crippen molar-refractivity contribution in [2.45, 2.75) is 19.6 Å². The van der Waals surface area contributed by atoms with E-state index in [2.05, 4.69) is 10.1 Å². The predicted molar refractivity (Wildman–Crippen MR) is 70.3 cm³/mol. The van der Waals surface area contributed by atoms with Gasteiger partial charge in [-0.2, -0.15) is 5.10 Å². The maximum absolute atomic E-state index is 10.4. The van der Waals surface area contributed by atoms with Crippen LogP contribution in [0.1, 0.15) is 24.3 Å². The number of fused-ring (bicyclic) bond motifs is 1. The van der Waals surface area contributed by atoms with E-state index < -0.39 is 6.10 Å². The summed E-state index contributed by atoms with van der Waals surface area (Å²) in [6.07, 6.45) is 2.99. The average Bonchev–Trinajstić information content (AvgIpc) is 3.05. The number of aryl methyl sites for hydroxylation is 1. The van der Waals surface area contributed by atoms with Crippen molar-refractivity contribution >= 4 is 10.9 Å². The average molecular weight is 241 g/mol. The molecule has 0 aliphatic carbocycles. The number of hydrogen-bond donors (Lipinski definition) is 2. The Hall–Kier alpha value is -2.07. The smallest absolute Gasteiger partial charge is 0.121 e. The van der Waals surface area contributed by atoms with Gasteiger partial charge in [0.25, 0.3) is 0 Å². The molecule has 2 heterocycles. The third-order valence-electron chi connectivity index (χ3n) is 3.22. The molecule has 4 nitrogen and oxygen atoms in total.